The van der Waals surface area contributed by atoms with E-state index in [2.05, 4.69) is 41.9 Å². The quantitative estimate of drug-likeness (QED) is 0.626. The van der Waals surface area contributed by atoms with Crippen molar-refractivity contribution < 1.29 is 4.55 Å². The highest BCUT2D eigenvalue weighted by Gasteiger charge is 2.36. The molecule has 0 fully saturated rings. The van der Waals surface area contributed by atoms with Crippen LogP contribution in [0.4, 0.5) is 0 Å². The summed E-state index contributed by atoms with van der Waals surface area (Å²) in [5.41, 5.74) is 2.15. The molecule has 0 aromatic heterocycles. The van der Waals surface area contributed by atoms with Crippen molar-refractivity contribution in [1.82, 2.24) is 0 Å². The largest absolute Gasteiger partial charge is 0.606 e. The lowest BCUT2D eigenvalue weighted by Crippen LogP contribution is -2.10. The first-order chi connectivity index (χ1) is 9.88. The molecule has 2 aromatic carbocycles. The van der Waals surface area contributed by atoms with Crippen molar-refractivity contribution in [2.45, 2.75) is 24.2 Å². The van der Waals surface area contributed by atoms with Gasteiger partial charge in [-0.25, -0.2) is 0 Å². The zero-order valence-corrected chi connectivity index (χ0v) is 14.8. The van der Waals surface area contributed by atoms with E-state index >= 15 is 0 Å². The second-order valence-electron chi connectivity index (χ2n) is 5.64. The first-order valence-electron chi connectivity index (χ1n) is 6.59. The highest BCUT2D eigenvalue weighted by molar-refractivity contribution is 9.10. The molecule has 4 heteroatoms. The number of benzene rings is 2. The SMILES string of the molecule is CC1(C)C=C([S+]([O-])c2ccc(Cl)cc2)c2ccc(Br)cc21. The summed E-state index contributed by atoms with van der Waals surface area (Å²) >= 11 is 8.22. The summed E-state index contributed by atoms with van der Waals surface area (Å²) < 4.78 is 13.9. The Morgan fingerprint density at radius 3 is 2.43 bits per heavy atom. The Morgan fingerprint density at radius 2 is 1.76 bits per heavy atom. The first-order valence-corrected chi connectivity index (χ1v) is 8.91. The van der Waals surface area contributed by atoms with E-state index in [9.17, 15) is 4.55 Å². The molecular weight excluding hydrogens is 368 g/mol. The van der Waals surface area contributed by atoms with Crippen LogP contribution in [0.2, 0.25) is 5.02 Å². The lowest BCUT2D eigenvalue weighted by molar-refractivity contribution is 0.604. The molecule has 0 spiro atoms. The minimum absolute atomic E-state index is 0.115. The summed E-state index contributed by atoms with van der Waals surface area (Å²) in [5.74, 6) is 0. The van der Waals surface area contributed by atoms with Crippen LogP contribution in [-0.4, -0.2) is 4.55 Å². The van der Waals surface area contributed by atoms with Gasteiger partial charge in [0.1, 0.15) is 0 Å². The molecule has 108 valence electrons. The molecule has 0 heterocycles. The predicted octanol–water partition coefficient (Wildman–Crippen LogP) is 5.54. The number of rotatable bonds is 2. The van der Waals surface area contributed by atoms with E-state index in [-0.39, 0.29) is 5.41 Å². The Morgan fingerprint density at radius 1 is 1.10 bits per heavy atom. The zero-order valence-electron chi connectivity index (χ0n) is 11.7. The highest BCUT2D eigenvalue weighted by Crippen LogP contribution is 2.45. The van der Waals surface area contributed by atoms with Gasteiger partial charge in [-0.05, 0) is 54.1 Å². The van der Waals surface area contributed by atoms with Crippen molar-refractivity contribution in [1.29, 1.82) is 0 Å². The van der Waals surface area contributed by atoms with Gasteiger partial charge < -0.3 is 4.55 Å². The lowest BCUT2D eigenvalue weighted by atomic mass is 9.87. The van der Waals surface area contributed by atoms with E-state index in [4.69, 9.17) is 11.6 Å². The van der Waals surface area contributed by atoms with Crippen LogP contribution in [0, 0.1) is 0 Å². The Balaban J connectivity index is 2.06. The highest BCUT2D eigenvalue weighted by atomic mass is 79.9. The van der Waals surface area contributed by atoms with Crippen LogP contribution in [0.1, 0.15) is 25.0 Å². The average molecular weight is 382 g/mol. The van der Waals surface area contributed by atoms with Crippen molar-refractivity contribution in [2.24, 2.45) is 0 Å². The van der Waals surface area contributed by atoms with Crippen molar-refractivity contribution in [2.75, 3.05) is 0 Å². The molecule has 3 rings (SSSR count). The summed E-state index contributed by atoms with van der Waals surface area (Å²) in [6.07, 6.45) is 2.11. The Bertz CT molecular complexity index is 722. The summed E-state index contributed by atoms with van der Waals surface area (Å²) in [6.45, 7) is 4.29. The topological polar surface area (TPSA) is 23.1 Å². The molecule has 2 aromatic rings. The second-order valence-corrected chi connectivity index (χ2v) is 8.44. The molecule has 0 radical (unpaired) electrons. The van der Waals surface area contributed by atoms with Crippen LogP contribution in [0.15, 0.2) is 57.9 Å². The van der Waals surface area contributed by atoms with E-state index in [0.717, 1.165) is 19.8 Å². The molecular formula is C17H14BrClOS. The van der Waals surface area contributed by atoms with Crippen molar-refractivity contribution >= 4 is 43.6 Å². The zero-order chi connectivity index (χ0) is 15.2. The Hall–Kier alpha value is -0.740. The van der Waals surface area contributed by atoms with Crippen LogP contribution < -0.4 is 0 Å². The molecule has 0 aliphatic heterocycles. The minimum Gasteiger partial charge on any atom is -0.606 e. The summed E-state index contributed by atoms with van der Waals surface area (Å²) in [4.78, 5) is 1.65. The van der Waals surface area contributed by atoms with Crippen LogP contribution in [0.25, 0.3) is 4.91 Å². The first kappa shape index (κ1) is 15.2. The van der Waals surface area contributed by atoms with Crippen molar-refractivity contribution in [3.63, 3.8) is 0 Å². The Kier molecular flexibility index (Phi) is 3.95. The number of halogens is 2. The van der Waals surface area contributed by atoms with Gasteiger partial charge in [0.05, 0.1) is 0 Å². The van der Waals surface area contributed by atoms with Gasteiger partial charge in [0.15, 0.2) is 9.80 Å². The lowest BCUT2D eigenvalue weighted by Gasteiger charge is -2.16. The third kappa shape index (κ3) is 2.80. The fraction of sp³-hybridized carbons (Fsp3) is 0.176. The molecule has 0 amide bonds. The van der Waals surface area contributed by atoms with E-state index in [1.165, 1.54) is 5.56 Å². The number of hydrogen-bond acceptors (Lipinski definition) is 1. The maximum Gasteiger partial charge on any atom is 0.162 e. The van der Waals surface area contributed by atoms with Crippen LogP contribution >= 0.6 is 27.5 Å². The van der Waals surface area contributed by atoms with Gasteiger partial charge >= 0.3 is 0 Å². The van der Waals surface area contributed by atoms with Crippen molar-refractivity contribution in [3.05, 3.63) is 69.2 Å². The Labute approximate surface area is 141 Å². The van der Waals surface area contributed by atoms with Gasteiger partial charge in [0.25, 0.3) is 0 Å². The number of hydrogen-bond donors (Lipinski definition) is 0. The molecule has 1 atom stereocenters. The molecule has 0 saturated carbocycles. The maximum absolute atomic E-state index is 12.9. The normalized spacial score (nSPS) is 17.3. The van der Waals surface area contributed by atoms with E-state index < -0.39 is 11.2 Å². The fourth-order valence-corrected chi connectivity index (χ4v) is 4.49. The predicted molar refractivity (Wildman–Crippen MR) is 93.0 cm³/mol. The molecule has 0 saturated heterocycles. The van der Waals surface area contributed by atoms with Gasteiger partial charge in [0.2, 0.25) is 0 Å². The van der Waals surface area contributed by atoms with Crippen molar-refractivity contribution in [3.8, 4) is 0 Å². The minimum atomic E-state index is -1.19. The molecule has 1 unspecified atom stereocenters. The average Bonchev–Trinajstić information content (AvgIpc) is 2.71. The molecule has 1 aliphatic rings. The fourth-order valence-electron chi connectivity index (χ4n) is 2.59. The monoisotopic (exact) mass is 380 g/mol. The standard InChI is InChI=1S/C17H14BrClOS/c1-17(2)10-16(14-8-3-11(18)9-15(14)17)21(20)13-6-4-12(19)5-7-13/h3-10H,1-2H3. The smallest absolute Gasteiger partial charge is 0.162 e. The second kappa shape index (κ2) is 5.47. The van der Waals surface area contributed by atoms with Gasteiger partial charge in [-0.3, -0.25) is 0 Å². The van der Waals surface area contributed by atoms with Gasteiger partial charge in [-0.2, -0.15) is 0 Å². The van der Waals surface area contributed by atoms with E-state index in [0.29, 0.717) is 5.02 Å². The maximum atomic E-state index is 12.9. The summed E-state index contributed by atoms with van der Waals surface area (Å²) in [7, 11) is 0. The molecule has 21 heavy (non-hydrogen) atoms. The van der Waals surface area contributed by atoms with Crippen LogP contribution in [0.3, 0.4) is 0 Å². The third-order valence-corrected chi connectivity index (χ3v) is 5.84. The van der Waals surface area contributed by atoms with Gasteiger partial charge in [-0.1, -0.05) is 41.4 Å². The molecule has 0 bridgehead atoms. The van der Waals surface area contributed by atoms with Crippen LogP contribution in [0.5, 0.6) is 0 Å². The number of fused-ring (bicyclic) bond motifs is 1. The van der Waals surface area contributed by atoms with Crippen LogP contribution in [-0.2, 0) is 16.6 Å². The third-order valence-electron chi connectivity index (χ3n) is 3.66. The number of allylic oxidation sites excluding steroid dienone is 1. The summed E-state index contributed by atoms with van der Waals surface area (Å²) in [5, 5.41) is 0.654. The summed E-state index contributed by atoms with van der Waals surface area (Å²) in [6, 6.07) is 13.3. The van der Waals surface area contributed by atoms with E-state index in [1.54, 1.807) is 12.1 Å². The van der Waals surface area contributed by atoms with Gasteiger partial charge in [-0.15, -0.1) is 0 Å². The van der Waals surface area contributed by atoms with Gasteiger partial charge in [0, 0.05) is 31.6 Å². The molecule has 1 nitrogen and oxygen atoms in total. The van der Waals surface area contributed by atoms with E-state index in [1.807, 2.05) is 24.3 Å². The molecule has 0 N–H and O–H groups in total. The molecule has 1 aliphatic carbocycles.